The summed E-state index contributed by atoms with van der Waals surface area (Å²) in [5.41, 5.74) is -11.4. The smallest absolute Gasteiger partial charge is 0.136 e. The maximum absolute atomic E-state index is 9.80. The van der Waals surface area contributed by atoms with Crippen molar-refractivity contribution in [2.24, 2.45) is 0 Å². The van der Waals surface area contributed by atoms with Gasteiger partial charge in [0.05, 0.1) is 76.8 Å². The molecule has 2 nitrogen and oxygen atoms in total. The molecule has 0 saturated heterocycles. The average molecular weight is 1250 g/mol. The van der Waals surface area contributed by atoms with Crippen LogP contribution in [0.25, 0.3) is 197 Å². The molecule has 2 aromatic heterocycles. The van der Waals surface area contributed by atoms with Gasteiger partial charge >= 0.3 is 0 Å². The van der Waals surface area contributed by atoms with Gasteiger partial charge in [-0.15, -0.1) is 0 Å². The van der Waals surface area contributed by atoms with E-state index in [1.807, 2.05) is 0 Å². The van der Waals surface area contributed by atoms with Gasteiger partial charge in [0.15, 0.2) is 0 Å². The number of para-hydroxylation sites is 2. The topological polar surface area (TPSA) is 26.3 Å². The molecular weight excluding hydrogens is 1140 g/mol. The number of rotatable bonds is 6. The molecule has 0 fully saturated rings. The van der Waals surface area contributed by atoms with E-state index in [9.17, 15) is 28.8 Å². The molecule has 2 heterocycles. The van der Waals surface area contributed by atoms with E-state index >= 15 is 0 Å². The summed E-state index contributed by atoms with van der Waals surface area (Å²) in [5, 5.41) is -12.6. The lowest BCUT2D eigenvalue weighted by Gasteiger charge is -2.19. The quantitative estimate of drug-likeness (QED) is 0.123. The van der Waals surface area contributed by atoms with Crippen molar-refractivity contribution in [1.29, 1.82) is 0 Å². The Labute approximate surface area is 620 Å². The highest BCUT2D eigenvalue weighted by Gasteiger charge is 2.22. The normalized spacial score (nSPS) is 20.2. The zero-order valence-corrected chi connectivity index (χ0v) is 46.8. The van der Waals surface area contributed by atoms with E-state index in [4.69, 9.17) is 56.8 Å². The SMILES string of the molecule is [2H]c1c([2H])c(-c2c([2H])c([2H])c([2H])c3oc4c([2H])c([2H])c([2H])c([2H])c4c23)c([2H])c([2H])c1-c1c2c([2H])c([2H])c([2H])c([2H])c2c(-c2c([2H])c([2H])c3c(c2[2H])c([2H])c([2H])c2c([2H])c([2H])c([2H])c([2H])c23)c2c([2H])c([2H])c([2H])c([2H])c12.[2H]c1c([2H])c(-c2c([2H])c([2H])c([2H])c3oc4c([2H])c([2H])c([2H])c([2H])c4c23)c([2H])c([2H])c1-c1c2c([2H])c([2H])c([2H])c([2H])c2c(-c2c([2H])c3c([2H])c([2H])c([2H])c([2H])c3c3c([2H])c([2H])c([2H])c([2H])c23)c2c([2H])c([2H])c([2H])c([2H])c12. The molecule has 436 valence electrons. The second-order valence-corrected chi connectivity index (χ2v) is 20.5. The van der Waals surface area contributed by atoms with Crippen molar-refractivity contribution in [3.8, 4) is 66.8 Å². The zero-order valence-electron chi connectivity index (χ0n) is 103. The minimum absolute atomic E-state index is 0.436. The predicted molar refractivity (Wildman–Crippen MR) is 400 cm³/mol. The van der Waals surface area contributed by atoms with Gasteiger partial charge in [-0.25, -0.2) is 0 Å². The largest absolute Gasteiger partial charge is 0.456 e. The first-order valence-electron chi connectivity index (χ1n) is 55.8. The van der Waals surface area contributed by atoms with Crippen LogP contribution in [0.15, 0.2) is 347 Å². The molecule has 0 atom stereocenters. The summed E-state index contributed by atoms with van der Waals surface area (Å²) >= 11 is 0. The van der Waals surface area contributed by atoms with Crippen molar-refractivity contribution in [1.82, 2.24) is 0 Å². The third-order valence-corrected chi connectivity index (χ3v) is 15.6. The molecule has 94 heavy (non-hydrogen) atoms. The highest BCUT2D eigenvalue weighted by Crippen LogP contribution is 2.49. The Morgan fingerprint density at radius 3 is 0.957 bits per heavy atom. The molecule has 0 aliphatic heterocycles. The van der Waals surface area contributed by atoms with Gasteiger partial charge in [-0.3, -0.25) is 0 Å². The first kappa shape index (κ1) is 21.9. The Bertz CT molecular complexity index is 9790. The van der Waals surface area contributed by atoms with Crippen LogP contribution in [0.5, 0.6) is 0 Å². The fraction of sp³-hybridized carbons (Fsp3) is 0. The Balaban J connectivity index is 0.000000188. The monoisotopic (exact) mass is 1250 g/mol. The minimum Gasteiger partial charge on any atom is -0.456 e. The molecule has 2 heteroatoms. The third-order valence-electron chi connectivity index (χ3n) is 15.6. The van der Waals surface area contributed by atoms with Gasteiger partial charge in [0.2, 0.25) is 0 Å². The molecule has 18 aromatic carbocycles. The molecule has 0 unspecified atom stereocenters. The second kappa shape index (κ2) is 21.7. The van der Waals surface area contributed by atoms with Crippen LogP contribution in [0.1, 0.15) is 76.8 Å². The van der Waals surface area contributed by atoms with Crippen LogP contribution < -0.4 is 0 Å². The van der Waals surface area contributed by atoms with E-state index in [2.05, 4.69) is 0 Å². The maximum Gasteiger partial charge on any atom is 0.136 e. The van der Waals surface area contributed by atoms with Gasteiger partial charge < -0.3 is 8.83 Å². The van der Waals surface area contributed by atoms with E-state index < -0.39 is 535 Å². The highest BCUT2D eigenvalue weighted by atomic mass is 16.3. The first-order valence-corrected chi connectivity index (χ1v) is 27.8. The van der Waals surface area contributed by atoms with Gasteiger partial charge in [0.1, 0.15) is 22.3 Å². The van der Waals surface area contributed by atoms with Crippen LogP contribution in [0.2, 0.25) is 0 Å². The molecule has 0 N–H and O–H groups in total. The van der Waals surface area contributed by atoms with Crippen LogP contribution in [-0.4, -0.2) is 0 Å². The van der Waals surface area contributed by atoms with E-state index in [1.165, 1.54) is 0 Å². The first-order chi connectivity index (χ1) is 70.0. The number of furan rings is 2. The van der Waals surface area contributed by atoms with Crippen molar-refractivity contribution in [3.63, 3.8) is 0 Å². The summed E-state index contributed by atoms with van der Waals surface area (Å²) in [4.78, 5) is 0. The lowest BCUT2D eigenvalue weighted by molar-refractivity contribution is 0.668. The minimum atomic E-state index is -1.10. The van der Waals surface area contributed by atoms with Crippen molar-refractivity contribution >= 4 is 130 Å². The van der Waals surface area contributed by atoms with Crippen LogP contribution >= 0.6 is 0 Å². The number of hydrogen-bond acceptors (Lipinski definition) is 2. The predicted octanol–water partition coefficient (Wildman–Crippen LogP) is 26.4. The number of hydrogen-bond donors (Lipinski definition) is 0. The summed E-state index contributed by atoms with van der Waals surface area (Å²) in [5.74, 6) is 0. The van der Waals surface area contributed by atoms with E-state index in [0.29, 0.717) is 0 Å². The molecule has 0 spiro atoms. The summed E-state index contributed by atoms with van der Waals surface area (Å²) < 4.78 is 516. The summed E-state index contributed by atoms with van der Waals surface area (Å²) in [6.45, 7) is 0. The molecule has 20 aromatic rings. The third kappa shape index (κ3) is 8.51. The Hall–Kier alpha value is -12.4. The molecule has 0 amide bonds. The second-order valence-electron chi connectivity index (χ2n) is 20.5. The molecular formula is C92H56O2. The summed E-state index contributed by atoms with van der Waals surface area (Å²) in [7, 11) is 0. The lowest BCUT2D eigenvalue weighted by Crippen LogP contribution is -1.92. The standard InChI is InChI=1S/2C46H28O/c1-2-11-34-29(10-1)22-25-32-28-33(26-27-35(32)34)45-39-14-5-3-12-37(39)44(38-13-4-6-15-40(38)45)31-23-20-30(21-24-31)36-17-9-19-43-46(36)41-16-7-8-18-42(41)47-43;1-2-13-32-31(12-1)28-41(35-15-4-3-14-34(32)35)45-38-18-7-5-16-36(38)44(37-17-6-8-19-39(37)45)30-26-24-29(25-27-30)33-21-11-23-43-46(33)40-20-9-10-22-42(40)47-43/h2*1-28H/i2*1D,2D,3D,4D,5D,6D,7D,8D,9D,10D,11D,12D,13D,14D,15D,16D,17D,18D,19D,20D,21D,22D,23D,24D,25D,26D,27D,28D. The van der Waals surface area contributed by atoms with Gasteiger partial charge in [0, 0.05) is 21.5 Å². The van der Waals surface area contributed by atoms with Gasteiger partial charge in [-0.2, -0.15) is 0 Å². The van der Waals surface area contributed by atoms with Crippen molar-refractivity contribution in [3.05, 3.63) is 338 Å². The summed E-state index contributed by atoms with van der Waals surface area (Å²) in [6.07, 6.45) is 0. The lowest BCUT2D eigenvalue weighted by atomic mass is 9.83. The Morgan fingerprint density at radius 2 is 0.479 bits per heavy atom. The fourth-order valence-electron chi connectivity index (χ4n) is 11.7. The average Bonchev–Trinajstić information content (AvgIpc) is 0.941. The van der Waals surface area contributed by atoms with E-state index in [-0.39, 0.29) is 0 Å². The van der Waals surface area contributed by atoms with E-state index in [0.717, 1.165) is 0 Å². The fourth-order valence-corrected chi connectivity index (χ4v) is 11.7. The van der Waals surface area contributed by atoms with Gasteiger partial charge in [0.25, 0.3) is 0 Å². The van der Waals surface area contributed by atoms with Crippen LogP contribution in [0.3, 0.4) is 0 Å². The molecule has 0 aliphatic carbocycles. The molecule has 20 rings (SSSR count). The number of benzene rings is 18. The van der Waals surface area contributed by atoms with Crippen LogP contribution in [-0.2, 0) is 0 Å². The summed E-state index contributed by atoms with van der Waals surface area (Å²) in [6, 6.07) is -51.9. The molecule has 0 aliphatic rings. The van der Waals surface area contributed by atoms with E-state index in [1.54, 1.807) is 0 Å². The molecule has 0 saturated carbocycles. The molecule has 0 radical (unpaired) electrons. The van der Waals surface area contributed by atoms with Crippen molar-refractivity contribution in [2.45, 2.75) is 0 Å². The highest BCUT2D eigenvalue weighted by molar-refractivity contribution is 6.27. The Morgan fingerprint density at radius 1 is 0.170 bits per heavy atom. The number of fused-ring (bicyclic) bond motifs is 16. The van der Waals surface area contributed by atoms with Crippen molar-refractivity contribution < 1.29 is 85.6 Å². The Kier molecular flexibility index (Phi) is 5.05. The maximum atomic E-state index is 9.80. The van der Waals surface area contributed by atoms with Crippen molar-refractivity contribution in [2.75, 3.05) is 0 Å². The molecule has 0 bridgehead atoms. The van der Waals surface area contributed by atoms with Gasteiger partial charge in [-0.1, -0.05) is 302 Å². The van der Waals surface area contributed by atoms with Crippen LogP contribution in [0.4, 0.5) is 0 Å². The zero-order chi connectivity index (χ0) is 111. The van der Waals surface area contributed by atoms with Gasteiger partial charge in [-0.05, 0) is 189 Å². The van der Waals surface area contributed by atoms with Crippen LogP contribution in [0, 0.1) is 0 Å².